The average Bonchev–Trinajstić information content (AvgIpc) is 3.12. The molecule has 2 aromatic carbocycles. The first-order valence-corrected chi connectivity index (χ1v) is 7.82. The van der Waals surface area contributed by atoms with Crippen molar-refractivity contribution in [3.63, 3.8) is 0 Å². The van der Waals surface area contributed by atoms with Crippen molar-refractivity contribution in [1.29, 1.82) is 0 Å². The highest BCUT2D eigenvalue weighted by Gasteiger charge is 2.50. The molecule has 0 amide bonds. The Hall–Kier alpha value is -2.49. The Morgan fingerprint density at radius 2 is 1.86 bits per heavy atom. The lowest BCUT2D eigenvalue weighted by molar-refractivity contribution is 0.341. The minimum atomic E-state index is -0.362. The summed E-state index contributed by atoms with van der Waals surface area (Å²) in [6.45, 7) is 2.21. The first-order valence-electron chi connectivity index (χ1n) is 7.82. The van der Waals surface area contributed by atoms with Crippen molar-refractivity contribution in [2.24, 2.45) is 5.10 Å². The summed E-state index contributed by atoms with van der Waals surface area (Å²) in [5, 5.41) is 4.47. The second-order valence-corrected chi connectivity index (χ2v) is 5.74. The topological polar surface area (TPSA) is 36.9 Å². The number of hydrogen-bond acceptors (Lipinski definition) is 4. The maximum absolute atomic E-state index is 5.90. The van der Waals surface area contributed by atoms with E-state index in [2.05, 4.69) is 52.7 Å². The number of fused-ring (bicyclic) bond motifs is 3. The molecule has 0 unspecified atom stereocenters. The number of anilines is 1. The van der Waals surface area contributed by atoms with Crippen LogP contribution in [-0.4, -0.2) is 6.02 Å². The van der Waals surface area contributed by atoms with Crippen LogP contribution in [0.25, 0.3) is 0 Å². The summed E-state index contributed by atoms with van der Waals surface area (Å²) in [5.41, 5.74) is 5.28. The molecule has 2 heterocycles. The molecule has 0 saturated heterocycles. The lowest BCUT2D eigenvalue weighted by Gasteiger charge is -2.37. The number of hydrazone groups is 1. The number of rotatable bonds is 4. The zero-order valence-corrected chi connectivity index (χ0v) is 12.6. The van der Waals surface area contributed by atoms with Gasteiger partial charge in [-0.15, -0.1) is 5.10 Å². The second-order valence-electron chi connectivity index (χ2n) is 5.74. The fourth-order valence-corrected chi connectivity index (χ4v) is 3.26. The van der Waals surface area contributed by atoms with Crippen LogP contribution in [0.1, 0.15) is 31.7 Å². The van der Waals surface area contributed by atoms with E-state index in [1.807, 2.05) is 24.3 Å². The van der Waals surface area contributed by atoms with Crippen LogP contribution in [0.2, 0.25) is 0 Å². The highest BCUT2D eigenvalue weighted by Crippen LogP contribution is 2.46. The van der Waals surface area contributed by atoms with Crippen molar-refractivity contribution in [3.8, 4) is 5.75 Å². The van der Waals surface area contributed by atoms with Crippen LogP contribution in [0, 0.1) is 0 Å². The molecule has 4 rings (SSSR count). The highest BCUT2D eigenvalue weighted by atomic mass is 16.5. The molecule has 2 aliphatic heterocycles. The van der Waals surface area contributed by atoms with E-state index in [0.29, 0.717) is 6.02 Å². The van der Waals surface area contributed by atoms with E-state index in [-0.39, 0.29) is 5.66 Å². The molecule has 0 radical (unpaired) electrons. The summed E-state index contributed by atoms with van der Waals surface area (Å²) in [4.78, 5) is 2.20. The molecular formula is C18H19N3O. The Morgan fingerprint density at radius 3 is 2.68 bits per heavy atom. The van der Waals surface area contributed by atoms with Gasteiger partial charge < -0.3 is 4.74 Å². The van der Waals surface area contributed by atoms with Gasteiger partial charge in [0.05, 0.1) is 5.69 Å². The first-order chi connectivity index (χ1) is 10.8. The number of nitrogens with zero attached hydrogens (tertiary/aromatic N) is 2. The average molecular weight is 293 g/mol. The lowest BCUT2D eigenvalue weighted by Crippen LogP contribution is -2.51. The van der Waals surface area contributed by atoms with Crippen LogP contribution < -0.4 is 15.1 Å². The maximum atomic E-state index is 5.90. The molecule has 0 aromatic heterocycles. The van der Waals surface area contributed by atoms with Gasteiger partial charge in [0.25, 0.3) is 0 Å². The van der Waals surface area contributed by atoms with Gasteiger partial charge in [-0.1, -0.05) is 55.8 Å². The van der Waals surface area contributed by atoms with E-state index in [1.54, 1.807) is 0 Å². The molecule has 112 valence electrons. The van der Waals surface area contributed by atoms with E-state index in [0.717, 1.165) is 30.7 Å². The fourth-order valence-electron chi connectivity index (χ4n) is 3.26. The molecule has 22 heavy (non-hydrogen) atoms. The maximum Gasteiger partial charge on any atom is 0.321 e. The third-order valence-electron chi connectivity index (χ3n) is 4.36. The summed E-state index contributed by atoms with van der Waals surface area (Å²) in [5.74, 6) is 0.875. The number of nitrogens with one attached hydrogen (secondary N) is 1. The number of ether oxygens (including phenoxy) is 1. The van der Waals surface area contributed by atoms with Gasteiger partial charge in [0, 0.05) is 0 Å². The zero-order chi connectivity index (χ0) is 15.0. The smallest absolute Gasteiger partial charge is 0.321 e. The molecule has 0 spiro atoms. The van der Waals surface area contributed by atoms with Crippen LogP contribution in [0.3, 0.4) is 0 Å². The van der Waals surface area contributed by atoms with Gasteiger partial charge in [0.2, 0.25) is 0 Å². The Kier molecular flexibility index (Phi) is 3.03. The van der Waals surface area contributed by atoms with Gasteiger partial charge in [-0.2, -0.15) is 0 Å². The van der Waals surface area contributed by atoms with Crippen LogP contribution in [0.5, 0.6) is 5.75 Å². The fraction of sp³-hybridized carbons (Fsp3) is 0.278. The normalized spacial score (nSPS) is 21.7. The van der Waals surface area contributed by atoms with Gasteiger partial charge >= 0.3 is 6.02 Å². The van der Waals surface area contributed by atoms with Gasteiger partial charge in [-0.3, -0.25) is 10.3 Å². The third kappa shape index (κ3) is 1.80. The molecule has 2 aromatic rings. The number of benzene rings is 2. The van der Waals surface area contributed by atoms with E-state index in [9.17, 15) is 0 Å². The standard InChI is InChI=1S/C18H19N3O/c1-2-3-13-18(14-9-5-4-6-10-14)20-19-17-21(18)15-11-7-8-12-16(15)22-17/h4-12,20H,2-3,13H2,1H3/t18-/m1/s1. The molecule has 0 aliphatic carbocycles. The predicted octanol–water partition coefficient (Wildman–Crippen LogP) is 3.80. The van der Waals surface area contributed by atoms with Crippen LogP contribution in [-0.2, 0) is 5.66 Å². The van der Waals surface area contributed by atoms with E-state index in [1.165, 1.54) is 5.56 Å². The third-order valence-corrected chi connectivity index (χ3v) is 4.36. The van der Waals surface area contributed by atoms with E-state index in [4.69, 9.17) is 4.74 Å². The lowest BCUT2D eigenvalue weighted by atomic mass is 9.92. The molecule has 0 bridgehead atoms. The van der Waals surface area contributed by atoms with Crippen LogP contribution in [0.4, 0.5) is 5.69 Å². The molecule has 2 aliphatic rings. The summed E-state index contributed by atoms with van der Waals surface area (Å²) in [6, 6.07) is 19.3. The van der Waals surface area contributed by atoms with Crippen LogP contribution in [0.15, 0.2) is 59.7 Å². The van der Waals surface area contributed by atoms with Crippen molar-refractivity contribution < 1.29 is 4.74 Å². The second kappa shape index (κ2) is 5.05. The molecule has 1 N–H and O–H groups in total. The quantitative estimate of drug-likeness (QED) is 0.931. The molecular weight excluding hydrogens is 274 g/mol. The van der Waals surface area contributed by atoms with E-state index < -0.39 is 0 Å². The van der Waals surface area contributed by atoms with Gasteiger partial charge in [0.1, 0.15) is 0 Å². The Balaban J connectivity index is 1.83. The molecule has 4 heteroatoms. The Morgan fingerprint density at radius 1 is 1.09 bits per heavy atom. The largest absolute Gasteiger partial charge is 0.422 e. The summed E-state index contributed by atoms with van der Waals surface area (Å²) >= 11 is 0. The van der Waals surface area contributed by atoms with E-state index >= 15 is 0 Å². The summed E-state index contributed by atoms with van der Waals surface area (Å²) < 4.78 is 5.90. The van der Waals surface area contributed by atoms with Crippen molar-refractivity contribution in [2.45, 2.75) is 31.8 Å². The SMILES string of the molecule is CCCC[C@@]1(c2ccccc2)NN=C2Oc3ccccc3N21. The minimum absolute atomic E-state index is 0.362. The predicted molar refractivity (Wildman–Crippen MR) is 87.8 cm³/mol. The monoisotopic (exact) mass is 293 g/mol. The number of para-hydroxylation sites is 2. The first kappa shape index (κ1) is 13.2. The zero-order valence-electron chi connectivity index (χ0n) is 12.6. The number of hydrogen-bond donors (Lipinski definition) is 1. The van der Waals surface area contributed by atoms with Crippen molar-refractivity contribution >= 4 is 11.7 Å². The number of unbranched alkanes of at least 4 members (excludes halogenated alkanes) is 1. The molecule has 0 fully saturated rings. The van der Waals surface area contributed by atoms with Crippen LogP contribution >= 0.6 is 0 Å². The number of amidine groups is 1. The van der Waals surface area contributed by atoms with Crippen molar-refractivity contribution in [3.05, 3.63) is 60.2 Å². The summed E-state index contributed by atoms with van der Waals surface area (Å²) in [6.07, 6.45) is 3.23. The minimum Gasteiger partial charge on any atom is -0.422 e. The van der Waals surface area contributed by atoms with Gasteiger partial charge in [-0.25, -0.2) is 0 Å². The molecule has 1 atom stereocenters. The summed E-state index contributed by atoms with van der Waals surface area (Å²) in [7, 11) is 0. The Labute approximate surface area is 130 Å². The Bertz CT molecular complexity index is 713. The van der Waals surface area contributed by atoms with Gasteiger partial charge in [-0.05, 0) is 30.5 Å². The van der Waals surface area contributed by atoms with Crippen molar-refractivity contribution in [2.75, 3.05) is 4.90 Å². The van der Waals surface area contributed by atoms with Gasteiger partial charge in [0.15, 0.2) is 11.4 Å². The molecule has 0 saturated carbocycles. The molecule has 4 nitrogen and oxygen atoms in total. The van der Waals surface area contributed by atoms with Crippen molar-refractivity contribution in [1.82, 2.24) is 5.43 Å². The highest BCUT2D eigenvalue weighted by molar-refractivity contribution is 6.02.